The lowest BCUT2D eigenvalue weighted by Gasteiger charge is -2.13. The Labute approximate surface area is 201 Å². The Balaban J connectivity index is 1.65. The lowest BCUT2D eigenvalue weighted by atomic mass is 10.0. The topological polar surface area (TPSA) is 107 Å². The van der Waals surface area contributed by atoms with Gasteiger partial charge in [0.1, 0.15) is 0 Å². The fraction of sp³-hybridized carbons (Fsp3) is 0.240. The number of hydrogen-bond acceptors (Lipinski definition) is 6. The van der Waals surface area contributed by atoms with E-state index in [2.05, 4.69) is 20.6 Å². The third-order valence-corrected chi connectivity index (χ3v) is 5.63. The molecule has 0 aliphatic rings. The average molecular weight is 481 g/mol. The van der Waals surface area contributed by atoms with E-state index in [0.29, 0.717) is 54.3 Å². The first-order chi connectivity index (χ1) is 17.0. The van der Waals surface area contributed by atoms with E-state index in [9.17, 15) is 13.6 Å². The van der Waals surface area contributed by atoms with Gasteiger partial charge in [-0.2, -0.15) is 4.39 Å². The standard InChI is InChI=1S/C25H26F2N6O2/c1-3-15-13-16(5-6-17(15)25(34)30-10-4-9-28)32-23-24-31-14-19(33(24)12-11-29-23)18-7-8-20(35-2)22(27)21(18)26/h5-8,11-14H,3-4,9-10,28H2,1-2H3,(H,29,32)(H,30,34). The van der Waals surface area contributed by atoms with Crippen molar-refractivity contribution in [2.45, 2.75) is 19.8 Å². The Bertz CT molecular complexity index is 1370. The summed E-state index contributed by atoms with van der Waals surface area (Å²) in [5.74, 6) is -1.98. The molecule has 0 saturated heterocycles. The maximum Gasteiger partial charge on any atom is 0.251 e. The largest absolute Gasteiger partial charge is 0.494 e. The summed E-state index contributed by atoms with van der Waals surface area (Å²) in [7, 11) is 1.28. The Morgan fingerprint density at radius 3 is 2.74 bits per heavy atom. The molecule has 10 heteroatoms. The van der Waals surface area contributed by atoms with Crippen LogP contribution in [0.15, 0.2) is 48.9 Å². The fourth-order valence-corrected chi connectivity index (χ4v) is 3.82. The highest BCUT2D eigenvalue weighted by Crippen LogP contribution is 2.31. The van der Waals surface area contributed by atoms with Crippen LogP contribution in [0.25, 0.3) is 16.9 Å². The van der Waals surface area contributed by atoms with Crippen molar-refractivity contribution in [2.75, 3.05) is 25.5 Å². The van der Waals surface area contributed by atoms with E-state index < -0.39 is 11.6 Å². The van der Waals surface area contributed by atoms with Crippen LogP contribution in [0.5, 0.6) is 5.75 Å². The predicted molar refractivity (Wildman–Crippen MR) is 130 cm³/mol. The number of carbonyl (C=O) groups is 1. The SMILES string of the molecule is CCc1cc(Nc2nccn3c(-c4ccc(OC)c(F)c4F)cnc23)ccc1C(=O)NCCCN. The highest BCUT2D eigenvalue weighted by molar-refractivity contribution is 5.96. The van der Waals surface area contributed by atoms with Crippen molar-refractivity contribution in [2.24, 2.45) is 5.73 Å². The van der Waals surface area contributed by atoms with E-state index in [-0.39, 0.29) is 17.2 Å². The maximum absolute atomic E-state index is 14.7. The van der Waals surface area contributed by atoms with Gasteiger partial charge in [0, 0.05) is 35.8 Å². The summed E-state index contributed by atoms with van der Waals surface area (Å²) in [6.45, 7) is 3.00. The van der Waals surface area contributed by atoms with Gasteiger partial charge >= 0.3 is 0 Å². The van der Waals surface area contributed by atoms with E-state index in [1.807, 2.05) is 13.0 Å². The number of hydrogen-bond donors (Lipinski definition) is 3. The van der Waals surface area contributed by atoms with Crippen LogP contribution in [0.1, 0.15) is 29.3 Å². The highest BCUT2D eigenvalue weighted by atomic mass is 19.2. The Hall–Kier alpha value is -4.05. The summed E-state index contributed by atoms with van der Waals surface area (Å²) in [6.07, 6.45) is 5.98. The minimum absolute atomic E-state index is 0.0474. The molecule has 0 aliphatic heterocycles. The van der Waals surface area contributed by atoms with Crippen molar-refractivity contribution >= 4 is 23.1 Å². The normalized spacial score (nSPS) is 11.0. The molecule has 4 aromatic rings. The zero-order chi connectivity index (χ0) is 24.9. The zero-order valence-corrected chi connectivity index (χ0v) is 19.4. The molecule has 2 aromatic heterocycles. The molecule has 1 amide bonds. The Kier molecular flexibility index (Phi) is 7.21. The molecule has 2 heterocycles. The number of amides is 1. The first-order valence-electron chi connectivity index (χ1n) is 11.2. The number of nitrogens with two attached hydrogens (primary N) is 1. The zero-order valence-electron chi connectivity index (χ0n) is 19.4. The number of nitrogens with zero attached hydrogens (tertiary/aromatic N) is 3. The highest BCUT2D eigenvalue weighted by Gasteiger charge is 2.19. The van der Waals surface area contributed by atoms with Crippen LogP contribution in [0.2, 0.25) is 0 Å². The second-order valence-corrected chi connectivity index (χ2v) is 7.80. The number of anilines is 2. The minimum atomic E-state index is -1.06. The van der Waals surface area contributed by atoms with Crippen LogP contribution < -0.4 is 21.1 Å². The molecular weight excluding hydrogens is 454 g/mol. The molecule has 2 aromatic carbocycles. The molecule has 0 unspecified atom stereocenters. The van der Waals surface area contributed by atoms with Crippen molar-refractivity contribution in [1.82, 2.24) is 19.7 Å². The van der Waals surface area contributed by atoms with Crippen LogP contribution in [0.3, 0.4) is 0 Å². The third-order valence-electron chi connectivity index (χ3n) is 5.63. The second kappa shape index (κ2) is 10.5. The van der Waals surface area contributed by atoms with Crippen molar-refractivity contribution in [3.05, 3.63) is 71.7 Å². The van der Waals surface area contributed by atoms with Gasteiger partial charge in [-0.25, -0.2) is 14.4 Å². The van der Waals surface area contributed by atoms with Crippen LogP contribution in [0, 0.1) is 11.6 Å². The lowest BCUT2D eigenvalue weighted by Crippen LogP contribution is -2.26. The van der Waals surface area contributed by atoms with Gasteiger partial charge in [-0.05, 0) is 55.3 Å². The number of methoxy groups -OCH3 is 1. The molecule has 0 aliphatic carbocycles. The summed E-state index contributed by atoms with van der Waals surface area (Å²) in [4.78, 5) is 21.3. The van der Waals surface area contributed by atoms with E-state index in [4.69, 9.17) is 10.5 Å². The fourth-order valence-electron chi connectivity index (χ4n) is 3.82. The first-order valence-corrected chi connectivity index (χ1v) is 11.2. The molecular formula is C25H26F2N6O2. The number of rotatable bonds is 9. The molecule has 0 atom stereocenters. The predicted octanol–water partition coefficient (Wildman–Crippen LogP) is 4.07. The minimum Gasteiger partial charge on any atom is -0.494 e. The molecule has 4 N–H and O–H groups in total. The smallest absolute Gasteiger partial charge is 0.251 e. The first kappa shape index (κ1) is 24.1. The molecule has 0 saturated carbocycles. The number of aryl methyl sites for hydroxylation is 1. The van der Waals surface area contributed by atoms with Crippen LogP contribution in [-0.2, 0) is 6.42 Å². The molecule has 8 nitrogen and oxygen atoms in total. The molecule has 0 bridgehead atoms. The van der Waals surface area contributed by atoms with Gasteiger partial charge in [-0.1, -0.05) is 6.92 Å². The number of halogens is 2. The molecule has 0 fully saturated rings. The van der Waals surface area contributed by atoms with Gasteiger partial charge in [-0.15, -0.1) is 0 Å². The van der Waals surface area contributed by atoms with Crippen molar-refractivity contribution in [3.8, 4) is 17.0 Å². The number of imidazole rings is 1. The number of carbonyl (C=O) groups excluding carboxylic acids is 1. The number of benzene rings is 2. The van der Waals surface area contributed by atoms with E-state index in [1.165, 1.54) is 31.6 Å². The maximum atomic E-state index is 14.7. The van der Waals surface area contributed by atoms with Crippen LogP contribution in [0.4, 0.5) is 20.3 Å². The van der Waals surface area contributed by atoms with E-state index in [1.54, 1.807) is 22.7 Å². The molecule has 35 heavy (non-hydrogen) atoms. The Morgan fingerprint density at radius 1 is 1.17 bits per heavy atom. The average Bonchev–Trinajstić information content (AvgIpc) is 3.30. The van der Waals surface area contributed by atoms with E-state index in [0.717, 1.165) is 5.56 Å². The summed E-state index contributed by atoms with van der Waals surface area (Å²) in [5, 5.41) is 6.09. The number of ether oxygens (including phenoxy) is 1. The van der Waals surface area contributed by atoms with Crippen LogP contribution >= 0.6 is 0 Å². The Morgan fingerprint density at radius 2 is 2.00 bits per heavy atom. The quantitative estimate of drug-likeness (QED) is 0.312. The molecule has 0 radical (unpaired) electrons. The monoisotopic (exact) mass is 480 g/mol. The van der Waals surface area contributed by atoms with Gasteiger partial charge in [0.05, 0.1) is 19.0 Å². The second-order valence-electron chi connectivity index (χ2n) is 7.80. The summed E-state index contributed by atoms with van der Waals surface area (Å²) >= 11 is 0. The van der Waals surface area contributed by atoms with Gasteiger partial charge in [0.15, 0.2) is 23.0 Å². The van der Waals surface area contributed by atoms with Crippen molar-refractivity contribution in [3.63, 3.8) is 0 Å². The summed E-state index contributed by atoms with van der Waals surface area (Å²) < 4.78 is 35.5. The number of aromatic nitrogens is 3. The van der Waals surface area contributed by atoms with E-state index >= 15 is 0 Å². The van der Waals surface area contributed by atoms with Gasteiger partial charge < -0.3 is 21.1 Å². The summed E-state index contributed by atoms with van der Waals surface area (Å²) in [5.41, 5.74) is 8.51. The third kappa shape index (κ3) is 4.78. The van der Waals surface area contributed by atoms with Gasteiger partial charge in [0.2, 0.25) is 5.82 Å². The lowest BCUT2D eigenvalue weighted by molar-refractivity contribution is 0.0952. The number of nitrogens with one attached hydrogen (secondary N) is 2. The van der Waals surface area contributed by atoms with Gasteiger partial charge in [0.25, 0.3) is 5.91 Å². The van der Waals surface area contributed by atoms with Crippen LogP contribution in [-0.4, -0.2) is 40.5 Å². The molecule has 4 rings (SSSR count). The summed E-state index contributed by atoms with van der Waals surface area (Å²) in [6, 6.07) is 8.23. The molecule has 182 valence electrons. The number of fused-ring (bicyclic) bond motifs is 1. The van der Waals surface area contributed by atoms with Crippen molar-refractivity contribution < 1.29 is 18.3 Å². The van der Waals surface area contributed by atoms with Crippen molar-refractivity contribution in [1.29, 1.82) is 0 Å². The van der Waals surface area contributed by atoms with Gasteiger partial charge in [-0.3, -0.25) is 9.20 Å². The molecule has 0 spiro atoms.